The van der Waals surface area contributed by atoms with Crippen LogP contribution in [0.3, 0.4) is 0 Å². The van der Waals surface area contributed by atoms with Crippen LogP contribution in [-0.4, -0.2) is 37.4 Å². The fourth-order valence-corrected chi connectivity index (χ4v) is 2.70. The van der Waals surface area contributed by atoms with Gasteiger partial charge in [-0.05, 0) is 37.5 Å². The fourth-order valence-electron chi connectivity index (χ4n) is 2.70. The molecule has 0 atom stereocenters. The van der Waals surface area contributed by atoms with Crippen LogP contribution in [0, 0.1) is 17.3 Å². The number of rotatable bonds is 4. The van der Waals surface area contributed by atoms with Crippen molar-refractivity contribution in [2.45, 2.75) is 46.5 Å². The van der Waals surface area contributed by atoms with Gasteiger partial charge in [-0.3, -0.25) is 9.59 Å². The third kappa shape index (κ3) is 4.22. The van der Waals surface area contributed by atoms with E-state index in [0.29, 0.717) is 5.92 Å². The van der Waals surface area contributed by atoms with Crippen molar-refractivity contribution in [3.63, 3.8) is 0 Å². The highest BCUT2D eigenvalue weighted by atomic mass is 16.2. The van der Waals surface area contributed by atoms with Crippen LogP contribution in [0.4, 0.5) is 0 Å². The summed E-state index contributed by atoms with van der Waals surface area (Å²) in [7, 11) is 3.40. The zero-order valence-electron chi connectivity index (χ0n) is 13.0. The molecule has 1 aliphatic rings. The molecule has 0 radical (unpaired) electrons. The van der Waals surface area contributed by atoms with Crippen molar-refractivity contribution in [1.29, 1.82) is 0 Å². The summed E-state index contributed by atoms with van der Waals surface area (Å²) in [6.45, 7) is 6.64. The topological polar surface area (TPSA) is 49.4 Å². The number of likely N-dealkylation sites (N-methyl/N-ethyl adjacent to an activating group) is 1. The second kappa shape index (κ2) is 6.40. The van der Waals surface area contributed by atoms with Crippen LogP contribution < -0.4 is 5.32 Å². The predicted octanol–water partition coefficient (Wildman–Crippen LogP) is 2.04. The summed E-state index contributed by atoms with van der Waals surface area (Å²) in [5.74, 6) is 1.41. The molecule has 4 nitrogen and oxygen atoms in total. The van der Waals surface area contributed by atoms with Crippen LogP contribution in [0.25, 0.3) is 0 Å². The number of nitrogens with one attached hydrogen (secondary N) is 1. The van der Waals surface area contributed by atoms with Crippen LogP contribution >= 0.6 is 0 Å². The van der Waals surface area contributed by atoms with Crippen molar-refractivity contribution >= 4 is 11.8 Å². The van der Waals surface area contributed by atoms with Crippen molar-refractivity contribution in [3.05, 3.63) is 0 Å². The predicted molar refractivity (Wildman–Crippen MR) is 76.6 cm³/mol. The van der Waals surface area contributed by atoms with Gasteiger partial charge in [-0.2, -0.15) is 0 Å². The Kier molecular flexibility index (Phi) is 5.39. The van der Waals surface area contributed by atoms with Gasteiger partial charge in [-0.15, -0.1) is 0 Å². The smallest absolute Gasteiger partial charge is 0.241 e. The maximum absolute atomic E-state index is 12.2. The lowest BCUT2D eigenvalue weighted by atomic mass is 9.68. The normalized spacial score (nSPS) is 27.2. The van der Waals surface area contributed by atoms with E-state index in [-0.39, 0.29) is 23.8 Å². The number of nitrogens with zero attached hydrogens (tertiary/aromatic N) is 1. The molecular weight excluding hydrogens is 240 g/mol. The molecule has 4 heteroatoms. The standard InChI is InChI=1S/C15H28N2O2/c1-11(2)12-6-8-15(3,9-7-12)14(19)16-10-13(18)17(4)5/h11-12H,6-10H2,1-5H3,(H,16,19). The molecule has 2 amide bonds. The number of carbonyl (C=O) groups excluding carboxylic acids is 2. The molecule has 1 N–H and O–H groups in total. The van der Waals surface area contributed by atoms with Crippen molar-refractivity contribution < 1.29 is 9.59 Å². The number of carbonyl (C=O) groups is 2. The van der Waals surface area contributed by atoms with E-state index >= 15 is 0 Å². The molecule has 0 heterocycles. The Morgan fingerprint density at radius 2 is 1.79 bits per heavy atom. The Morgan fingerprint density at radius 3 is 2.21 bits per heavy atom. The first-order chi connectivity index (χ1) is 8.76. The van der Waals surface area contributed by atoms with Gasteiger partial charge in [0.15, 0.2) is 0 Å². The van der Waals surface area contributed by atoms with Gasteiger partial charge in [0.1, 0.15) is 0 Å². The van der Waals surface area contributed by atoms with E-state index in [1.165, 1.54) is 4.90 Å². The van der Waals surface area contributed by atoms with E-state index in [9.17, 15) is 9.59 Å². The Hall–Kier alpha value is -1.06. The van der Waals surface area contributed by atoms with Crippen molar-refractivity contribution in [2.24, 2.45) is 17.3 Å². The first-order valence-electron chi connectivity index (χ1n) is 7.25. The molecule has 0 bridgehead atoms. The van der Waals surface area contributed by atoms with Gasteiger partial charge in [0.05, 0.1) is 6.54 Å². The molecule has 1 saturated carbocycles. The average Bonchev–Trinajstić information content (AvgIpc) is 2.35. The minimum Gasteiger partial charge on any atom is -0.347 e. The van der Waals surface area contributed by atoms with Crippen molar-refractivity contribution in [3.8, 4) is 0 Å². The molecule has 1 aliphatic carbocycles. The molecule has 0 spiro atoms. The second-order valence-electron chi connectivity index (χ2n) is 6.61. The van der Waals surface area contributed by atoms with Gasteiger partial charge in [0, 0.05) is 19.5 Å². The Labute approximate surface area is 116 Å². The summed E-state index contributed by atoms with van der Waals surface area (Å²) in [6, 6.07) is 0. The second-order valence-corrected chi connectivity index (χ2v) is 6.61. The SMILES string of the molecule is CC(C)C1CCC(C)(C(=O)NCC(=O)N(C)C)CC1. The van der Waals surface area contributed by atoms with Gasteiger partial charge in [-0.1, -0.05) is 20.8 Å². The highest BCUT2D eigenvalue weighted by Gasteiger charge is 2.38. The first kappa shape index (κ1) is 16.0. The molecule has 0 aromatic carbocycles. The lowest BCUT2D eigenvalue weighted by Gasteiger charge is -2.37. The van der Waals surface area contributed by atoms with Gasteiger partial charge in [0.2, 0.25) is 11.8 Å². The van der Waals surface area contributed by atoms with Crippen LogP contribution in [0.5, 0.6) is 0 Å². The maximum Gasteiger partial charge on any atom is 0.241 e. The summed E-state index contributed by atoms with van der Waals surface area (Å²) in [5.41, 5.74) is -0.294. The van der Waals surface area contributed by atoms with Crippen molar-refractivity contribution in [1.82, 2.24) is 10.2 Å². The van der Waals surface area contributed by atoms with Crippen LogP contribution in [0.15, 0.2) is 0 Å². The monoisotopic (exact) mass is 268 g/mol. The third-order valence-electron chi connectivity index (χ3n) is 4.52. The Balaban J connectivity index is 2.46. The fraction of sp³-hybridized carbons (Fsp3) is 0.867. The molecule has 0 saturated heterocycles. The number of hydrogen-bond donors (Lipinski definition) is 1. The molecule has 19 heavy (non-hydrogen) atoms. The van der Waals surface area contributed by atoms with Crippen LogP contribution in [-0.2, 0) is 9.59 Å². The average molecular weight is 268 g/mol. The minimum atomic E-state index is -0.294. The molecule has 110 valence electrons. The summed E-state index contributed by atoms with van der Waals surface area (Å²) in [6.07, 6.45) is 4.09. The first-order valence-corrected chi connectivity index (χ1v) is 7.25. The molecule has 0 aromatic heterocycles. The molecule has 0 aromatic rings. The van der Waals surface area contributed by atoms with Gasteiger partial charge in [0.25, 0.3) is 0 Å². The van der Waals surface area contributed by atoms with Gasteiger partial charge >= 0.3 is 0 Å². The van der Waals surface area contributed by atoms with Crippen LogP contribution in [0.1, 0.15) is 46.5 Å². The number of amides is 2. The summed E-state index contributed by atoms with van der Waals surface area (Å²) < 4.78 is 0. The van der Waals surface area contributed by atoms with Gasteiger partial charge < -0.3 is 10.2 Å². The summed E-state index contributed by atoms with van der Waals surface area (Å²) >= 11 is 0. The highest BCUT2D eigenvalue weighted by Crippen LogP contribution is 2.41. The van der Waals surface area contributed by atoms with Crippen LogP contribution in [0.2, 0.25) is 0 Å². The quantitative estimate of drug-likeness (QED) is 0.848. The van der Waals surface area contributed by atoms with E-state index in [1.54, 1.807) is 14.1 Å². The maximum atomic E-state index is 12.2. The zero-order chi connectivity index (χ0) is 14.6. The van der Waals surface area contributed by atoms with Crippen molar-refractivity contribution in [2.75, 3.05) is 20.6 Å². The summed E-state index contributed by atoms with van der Waals surface area (Å²) in [5, 5.41) is 2.79. The molecule has 1 rings (SSSR count). The van der Waals surface area contributed by atoms with E-state index in [1.807, 2.05) is 6.92 Å². The Bertz CT molecular complexity index is 329. The molecule has 1 fully saturated rings. The Morgan fingerprint density at radius 1 is 1.26 bits per heavy atom. The highest BCUT2D eigenvalue weighted by molar-refractivity contribution is 5.87. The number of hydrogen-bond acceptors (Lipinski definition) is 2. The molecule has 0 unspecified atom stereocenters. The van der Waals surface area contributed by atoms with E-state index in [4.69, 9.17) is 0 Å². The van der Waals surface area contributed by atoms with E-state index in [0.717, 1.165) is 31.6 Å². The van der Waals surface area contributed by atoms with Gasteiger partial charge in [-0.25, -0.2) is 0 Å². The third-order valence-corrected chi connectivity index (χ3v) is 4.52. The van der Waals surface area contributed by atoms with E-state index in [2.05, 4.69) is 19.2 Å². The zero-order valence-corrected chi connectivity index (χ0v) is 13.0. The minimum absolute atomic E-state index is 0.0323. The largest absolute Gasteiger partial charge is 0.347 e. The summed E-state index contributed by atoms with van der Waals surface area (Å²) in [4.78, 5) is 25.2. The molecule has 0 aliphatic heterocycles. The van der Waals surface area contributed by atoms with E-state index < -0.39 is 0 Å². The lowest BCUT2D eigenvalue weighted by Crippen LogP contribution is -2.45. The molecular formula is C15H28N2O2. The lowest BCUT2D eigenvalue weighted by molar-refractivity contribution is -0.136.